The van der Waals surface area contributed by atoms with Crippen LogP contribution < -0.4 is 10.1 Å². The molecular formula is C18H22FNO. The molecule has 0 atom stereocenters. The standard InChI is InChI=1S/C18H22FNO/c1-3-11-20-13-14-9-10-17(19)16(12-14)15-7-5-6-8-18(15)21-4-2/h5-10,12,20H,3-4,11,13H2,1-2H3. The molecule has 0 bridgehead atoms. The summed E-state index contributed by atoms with van der Waals surface area (Å²) in [5, 5.41) is 3.34. The van der Waals surface area contributed by atoms with Gasteiger partial charge in [0, 0.05) is 17.7 Å². The molecule has 0 aliphatic heterocycles. The molecule has 112 valence electrons. The second-order valence-electron chi connectivity index (χ2n) is 4.92. The fourth-order valence-electron chi connectivity index (χ4n) is 2.27. The SMILES string of the molecule is CCCNCc1ccc(F)c(-c2ccccc2OCC)c1. The van der Waals surface area contributed by atoms with Crippen molar-refractivity contribution in [1.29, 1.82) is 0 Å². The van der Waals surface area contributed by atoms with E-state index in [0.717, 1.165) is 36.4 Å². The number of hydrogen-bond donors (Lipinski definition) is 1. The van der Waals surface area contributed by atoms with E-state index >= 15 is 0 Å². The molecule has 0 unspecified atom stereocenters. The van der Waals surface area contributed by atoms with Gasteiger partial charge in [-0.2, -0.15) is 0 Å². The van der Waals surface area contributed by atoms with E-state index in [0.29, 0.717) is 12.2 Å². The molecule has 2 nitrogen and oxygen atoms in total. The number of benzene rings is 2. The van der Waals surface area contributed by atoms with Crippen LogP contribution in [0.4, 0.5) is 4.39 Å². The Bertz CT molecular complexity index is 583. The van der Waals surface area contributed by atoms with Crippen LogP contribution in [0.5, 0.6) is 5.75 Å². The summed E-state index contributed by atoms with van der Waals surface area (Å²) < 4.78 is 19.8. The summed E-state index contributed by atoms with van der Waals surface area (Å²) in [4.78, 5) is 0. The maximum Gasteiger partial charge on any atom is 0.131 e. The first-order chi connectivity index (χ1) is 10.3. The predicted octanol–water partition coefficient (Wildman–Crippen LogP) is 4.39. The second kappa shape index (κ2) is 7.79. The van der Waals surface area contributed by atoms with E-state index in [1.54, 1.807) is 0 Å². The van der Waals surface area contributed by atoms with Crippen LogP contribution in [0, 0.1) is 5.82 Å². The third-order valence-corrected chi connectivity index (χ3v) is 3.26. The first-order valence-electron chi connectivity index (χ1n) is 7.47. The fourth-order valence-corrected chi connectivity index (χ4v) is 2.27. The fraction of sp³-hybridized carbons (Fsp3) is 0.333. The summed E-state index contributed by atoms with van der Waals surface area (Å²) in [5.74, 6) is 0.499. The summed E-state index contributed by atoms with van der Waals surface area (Å²) in [5.41, 5.74) is 2.47. The normalized spacial score (nSPS) is 10.6. The summed E-state index contributed by atoms with van der Waals surface area (Å²) in [6.07, 6.45) is 1.08. The molecule has 0 amide bonds. The zero-order chi connectivity index (χ0) is 15.1. The maximum atomic E-state index is 14.2. The van der Waals surface area contributed by atoms with Gasteiger partial charge < -0.3 is 10.1 Å². The van der Waals surface area contributed by atoms with E-state index in [9.17, 15) is 4.39 Å². The van der Waals surface area contributed by atoms with Crippen molar-refractivity contribution in [1.82, 2.24) is 5.32 Å². The number of para-hydroxylation sites is 1. The van der Waals surface area contributed by atoms with E-state index in [2.05, 4.69) is 12.2 Å². The van der Waals surface area contributed by atoms with Gasteiger partial charge in [0.25, 0.3) is 0 Å². The van der Waals surface area contributed by atoms with Crippen molar-refractivity contribution < 1.29 is 9.13 Å². The number of halogens is 1. The van der Waals surface area contributed by atoms with Crippen LogP contribution in [0.15, 0.2) is 42.5 Å². The van der Waals surface area contributed by atoms with Gasteiger partial charge in [0.1, 0.15) is 11.6 Å². The van der Waals surface area contributed by atoms with E-state index in [-0.39, 0.29) is 5.82 Å². The lowest BCUT2D eigenvalue weighted by atomic mass is 10.0. The van der Waals surface area contributed by atoms with Crippen LogP contribution >= 0.6 is 0 Å². The van der Waals surface area contributed by atoms with Gasteiger partial charge in [0.2, 0.25) is 0 Å². The van der Waals surface area contributed by atoms with Gasteiger partial charge in [-0.3, -0.25) is 0 Å². The highest BCUT2D eigenvalue weighted by atomic mass is 19.1. The van der Waals surface area contributed by atoms with Crippen LogP contribution in [0.3, 0.4) is 0 Å². The molecule has 0 aromatic heterocycles. The Hall–Kier alpha value is -1.87. The molecule has 2 aromatic rings. The second-order valence-corrected chi connectivity index (χ2v) is 4.92. The van der Waals surface area contributed by atoms with Crippen LogP contribution in [-0.2, 0) is 6.54 Å². The summed E-state index contributed by atoms with van der Waals surface area (Å²) in [6.45, 7) is 6.33. The molecule has 21 heavy (non-hydrogen) atoms. The average molecular weight is 287 g/mol. The molecule has 2 rings (SSSR count). The topological polar surface area (TPSA) is 21.3 Å². The van der Waals surface area contributed by atoms with Crippen molar-refractivity contribution in [3.63, 3.8) is 0 Å². The number of nitrogens with one attached hydrogen (secondary N) is 1. The van der Waals surface area contributed by atoms with Crippen molar-refractivity contribution in [2.45, 2.75) is 26.8 Å². The van der Waals surface area contributed by atoms with Crippen molar-refractivity contribution >= 4 is 0 Å². The molecule has 1 N–H and O–H groups in total. The lowest BCUT2D eigenvalue weighted by Gasteiger charge is -2.12. The molecule has 2 aromatic carbocycles. The van der Waals surface area contributed by atoms with Crippen LogP contribution in [0.25, 0.3) is 11.1 Å². The van der Waals surface area contributed by atoms with Crippen molar-refractivity contribution in [2.75, 3.05) is 13.2 Å². The van der Waals surface area contributed by atoms with Crippen LogP contribution in [0.1, 0.15) is 25.8 Å². The number of ether oxygens (including phenoxy) is 1. The smallest absolute Gasteiger partial charge is 0.131 e. The molecule has 0 radical (unpaired) electrons. The molecular weight excluding hydrogens is 265 g/mol. The minimum atomic E-state index is -0.221. The zero-order valence-corrected chi connectivity index (χ0v) is 12.7. The van der Waals surface area contributed by atoms with E-state index in [4.69, 9.17) is 4.74 Å². The monoisotopic (exact) mass is 287 g/mol. The Kier molecular flexibility index (Phi) is 5.76. The van der Waals surface area contributed by atoms with Gasteiger partial charge in [0.05, 0.1) is 6.61 Å². The first-order valence-corrected chi connectivity index (χ1v) is 7.47. The summed E-state index contributed by atoms with van der Waals surface area (Å²) >= 11 is 0. The Morgan fingerprint density at radius 1 is 1.05 bits per heavy atom. The van der Waals surface area contributed by atoms with E-state index in [1.165, 1.54) is 6.07 Å². The molecule has 0 spiro atoms. The number of hydrogen-bond acceptors (Lipinski definition) is 2. The molecule has 0 aliphatic carbocycles. The third kappa shape index (κ3) is 4.05. The molecule has 0 saturated carbocycles. The Morgan fingerprint density at radius 3 is 2.62 bits per heavy atom. The molecule has 0 fully saturated rings. The van der Waals surface area contributed by atoms with E-state index in [1.807, 2.05) is 43.3 Å². The highest BCUT2D eigenvalue weighted by molar-refractivity contribution is 5.71. The average Bonchev–Trinajstić information content (AvgIpc) is 2.50. The van der Waals surface area contributed by atoms with Crippen molar-refractivity contribution in [3.8, 4) is 16.9 Å². The predicted molar refractivity (Wildman–Crippen MR) is 85.0 cm³/mol. The van der Waals surface area contributed by atoms with Gasteiger partial charge in [-0.05, 0) is 43.7 Å². The molecule has 3 heteroatoms. The molecule has 0 heterocycles. The highest BCUT2D eigenvalue weighted by Gasteiger charge is 2.11. The first kappa shape index (κ1) is 15.5. The molecule has 0 saturated heterocycles. The zero-order valence-electron chi connectivity index (χ0n) is 12.7. The Labute approximate surface area is 126 Å². The quantitative estimate of drug-likeness (QED) is 0.763. The van der Waals surface area contributed by atoms with E-state index < -0.39 is 0 Å². The van der Waals surface area contributed by atoms with Gasteiger partial charge in [0.15, 0.2) is 0 Å². The lowest BCUT2D eigenvalue weighted by molar-refractivity contribution is 0.341. The third-order valence-electron chi connectivity index (χ3n) is 3.26. The van der Waals surface area contributed by atoms with Crippen LogP contribution in [0.2, 0.25) is 0 Å². The van der Waals surface area contributed by atoms with Crippen molar-refractivity contribution in [3.05, 3.63) is 53.8 Å². The minimum absolute atomic E-state index is 0.221. The van der Waals surface area contributed by atoms with Crippen molar-refractivity contribution in [2.24, 2.45) is 0 Å². The van der Waals surface area contributed by atoms with Gasteiger partial charge in [-0.1, -0.05) is 31.2 Å². The van der Waals surface area contributed by atoms with Gasteiger partial charge >= 0.3 is 0 Å². The van der Waals surface area contributed by atoms with Gasteiger partial charge in [-0.25, -0.2) is 4.39 Å². The summed E-state index contributed by atoms with van der Waals surface area (Å²) in [7, 11) is 0. The minimum Gasteiger partial charge on any atom is -0.493 e. The Morgan fingerprint density at radius 2 is 1.86 bits per heavy atom. The lowest BCUT2D eigenvalue weighted by Crippen LogP contribution is -2.13. The molecule has 0 aliphatic rings. The Balaban J connectivity index is 2.32. The summed E-state index contributed by atoms with van der Waals surface area (Å²) in [6, 6.07) is 12.8. The van der Waals surface area contributed by atoms with Crippen LogP contribution in [-0.4, -0.2) is 13.2 Å². The van der Waals surface area contributed by atoms with Gasteiger partial charge in [-0.15, -0.1) is 0 Å². The largest absolute Gasteiger partial charge is 0.493 e. The maximum absolute atomic E-state index is 14.2. The highest BCUT2D eigenvalue weighted by Crippen LogP contribution is 2.32. The number of rotatable bonds is 7.